The first-order valence-electron chi connectivity index (χ1n) is 5.72. The molecular formula is C12H14ClN3O4. The van der Waals surface area contributed by atoms with Crippen molar-refractivity contribution < 1.29 is 19.5 Å². The number of anilines is 1. The molecule has 1 aromatic carbocycles. The predicted molar refractivity (Wildman–Crippen MR) is 74.1 cm³/mol. The molecule has 1 rings (SSSR count). The Bertz CT molecular complexity index is 533. The third-order valence-corrected chi connectivity index (χ3v) is 2.48. The number of aromatic carboxylic acids is 1. The maximum Gasteiger partial charge on any atom is 0.337 e. The second-order valence-corrected chi connectivity index (χ2v) is 4.30. The SMILES string of the molecule is CC(=O)NCCNC(=O)Nc1ccc(Cl)cc1C(=O)O. The summed E-state index contributed by atoms with van der Waals surface area (Å²) in [6.07, 6.45) is 0. The summed E-state index contributed by atoms with van der Waals surface area (Å²) in [5.41, 5.74) is 0.0356. The van der Waals surface area contributed by atoms with Gasteiger partial charge in [0, 0.05) is 25.0 Å². The van der Waals surface area contributed by atoms with E-state index in [1.54, 1.807) is 0 Å². The molecule has 0 aliphatic rings. The van der Waals surface area contributed by atoms with Crippen LogP contribution in [0.2, 0.25) is 5.02 Å². The van der Waals surface area contributed by atoms with Gasteiger partial charge >= 0.3 is 12.0 Å². The maximum atomic E-state index is 11.6. The number of nitrogens with one attached hydrogen (secondary N) is 3. The summed E-state index contributed by atoms with van der Waals surface area (Å²) in [4.78, 5) is 33.2. The average Bonchev–Trinajstić information content (AvgIpc) is 2.36. The first-order valence-corrected chi connectivity index (χ1v) is 6.10. The minimum Gasteiger partial charge on any atom is -0.478 e. The van der Waals surface area contributed by atoms with Crippen LogP contribution < -0.4 is 16.0 Å². The number of benzene rings is 1. The molecule has 0 aliphatic heterocycles. The zero-order valence-electron chi connectivity index (χ0n) is 10.7. The Morgan fingerprint density at radius 3 is 2.45 bits per heavy atom. The van der Waals surface area contributed by atoms with Crippen molar-refractivity contribution in [3.63, 3.8) is 0 Å². The number of carboxylic acids is 1. The second kappa shape index (κ2) is 7.34. The summed E-state index contributed by atoms with van der Waals surface area (Å²) < 4.78 is 0. The lowest BCUT2D eigenvalue weighted by atomic mass is 10.2. The molecule has 8 heteroatoms. The summed E-state index contributed by atoms with van der Waals surface area (Å²) in [7, 11) is 0. The van der Waals surface area contributed by atoms with Crippen LogP contribution >= 0.6 is 11.6 Å². The van der Waals surface area contributed by atoms with Gasteiger partial charge in [-0.25, -0.2) is 9.59 Å². The van der Waals surface area contributed by atoms with Gasteiger partial charge in [-0.15, -0.1) is 0 Å². The Morgan fingerprint density at radius 1 is 1.20 bits per heavy atom. The molecule has 0 unspecified atom stereocenters. The third-order valence-electron chi connectivity index (χ3n) is 2.24. The van der Waals surface area contributed by atoms with Gasteiger partial charge in [-0.2, -0.15) is 0 Å². The highest BCUT2D eigenvalue weighted by Crippen LogP contribution is 2.20. The molecule has 0 saturated heterocycles. The normalized spacial score (nSPS) is 9.70. The fourth-order valence-electron chi connectivity index (χ4n) is 1.38. The van der Waals surface area contributed by atoms with E-state index in [1.165, 1.54) is 25.1 Å². The molecule has 0 radical (unpaired) electrons. The summed E-state index contributed by atoms with van der Waals surface area (Å²) >= 11 is 5.70. The summed E-state index contributed by atoms with van der Waals surface area (Å²) in [6, 6.07) is 3.55. The van der Waals surface area contributed by atoms with E-state index in [0.717, 1.165) is 0 Å². The third kappa shape index (κ3) is 5.15. The molecule has 3 amide bonds. The van der Waals surface area contributed by atoms with Gasteiger partial charge in [-0.3, -0.25) is 4.79 Å². The topological polar surface area (TPSA) is 108 Å². The fourth-order valence-corrected chi connectivity index (χ4v) is 1.56. The zero-order valence-corrected chi connectivity index (χ0v) is 11.5. The molecule has 7 nitrogen and oxygen atoms in total. The summed E-state index contributed by atoms with van der Waals surface area (Å²) in [5.74, 6) is -1.39. The van der Waals surface area contributed by atoms with Crippen LogP contribution in [0.15, 0.2) is 18.2 Å². The van der Waals surface area contributed by atoms with Crippen LogP contribution in [0.1, 0.15) is 17.3 Å². The van der Waals surface area contributed by atoms with Gasteiger partial charge in [-0.05, 0) is 18.2 Å². The molecule has 0 saturated carbocycles. The first-order chi connectivity index (χ1) is 9.40. The minimum absolute atomic E-state index is 0.102. The number of halogens is 1. The second-order valence-electron chi connectivity index (χ2n) is 3.86. The maximum absolute atomic E-state index is 11.6. The number of urea groups is 1. The van der Waals surface area contributed by atoms with Crippen LogP contribution in [0.4, 0.5) is 10.5 Å². The van der Waals surface area contributed by atoms with Gasteiger partial charge in [0.15, 0.2) is 0 Å². The predicted octanol–water partition coefficient (Wildman–Crippen LogP) is 1.30. The quantitative estimate of drug-likeness (QED) is 0.615. The number of carboxylic acid groups (broad SMARTS) is 1. The van der Waals surface area contributed by atoms with Gasteiger partial charge < -0.3 is 21.1 Å². The van der Waals surface area contributed by atoms with Crippen LogP contribution in [0.5, 0.6) is 0 Å². The van der Waals surface area contributed by atoms with Gasteiger partial charge in [0.25, 0.3) is 0 Å². The van der Waals surface area contributed by atoms with Crippen LogP contribution in [-0.2, 0) is 4.79 Å². The number of carbonyl (C=O) groups is 3. The van der Waals surface area contributed by atoms with E-state index in [-0.39, 0.29) is 35.3 Å². The fraction of sp³-hybridized carbons (Fsp3) is 0.250. The number of rotatable bonds is 5. The van der Waals surface area contributed by atoms with Crippen LogP contribution in [0, 0.1) is 0 Å². The summed E-state index contributed by atoms with van der Waals surface area (Å²) in [5, 5.41) is 16.7. The highest BCUT2D eigenvalue weighted by atomic mass is 35.5. The lowest BCUT2D eigenvalue weighted by Gasteiger charge is -2.10. The highest BCUT2D eigenvalue weighted by molar-refractivity contribution is 6.31. The Balaban J connectivity index is 2.57. The van der Waals surface area contributed by atoms with Gasteiger partial charge in [0.1, 0.15) is 0 Å². The van der Waals surface area contributed by atoms with Crippen LogP contribution in [0.25, 0.3) is 0 Å². The minimum atomic E-state index is -1.19. The van der Waals surface area contributed by atoms with Crippen molar-refractivity contribution >= 4 is 35.2 Å². The Hall–Kier alpha value is -2.28. The molecule has 4 N–H and O–H groups in total. The number of hydrogen-bond acceptors (Lipinski definition) is 3. The van der Waals surface area contributed by atoms with E-state index in [2.05, 4.69) is 16.0 Å². The average molecular weight is 300 g/mol. The van der Waals surface area contributed by atoms with E-state index in [0.29, 0.717) is 0 Å². The Morgan fingerprint density at radius 2 is 1.85 bits per heavy atom. The number of hydrogen-bond donors (Lipinski definition) is 4. The Labute approximate surface area is 120 Å². The number of carbonyl (C=O) groups excluding carboxylic acids is 2. The van der Waals surface area contributed by atoms with Gasteiger partial charge in [0.2, 0.25) is 5.91 Å². The largest absolute Gasteiger partial charge is 0.478 e. The van der Waals surface area contributed by atoms with E-state index in [4.69, 9.17) is 16.7 Å². The van der Waals surface area contributed by atoms with Crippen molar-refractivity contribution in [1.29, 1.82) is 0 Å². The van der Waals surface area contributed by atoms with Gasteiger partial charge in [0.05, 0.1) is 11.3 Å². The van der Waals surface area contributed by atoms with Crippen molar-refractivity contribution in [3.8, 4) is 0 Å². The molecule has 0 aliphatic carbocycles. The molecule has 0 spiro atoms. The molecule has 0 fully saturated rings. The molecule has 0 bridgehead atoms. The lowest BCUT2D eigenvalue weighted by molar-refractivity contribution is -0.118. The van der Waals surface area contributed by atoms with Crippen molar-refractivity contribution in [2.24, 2.45) is 0 Å². The van der Waals surface area contributed by atoms with E-state index in [1.807, 2.05) is 0 Å². The highest BCUT2D eigenvalue weighted by Gasteiger charge is 2.12. The standard InChI is InChI=1S/C12H14ClN3O4/c1-7(17)14-4-5-15-12(20)16-10-3-2-8(13)6-9(10)11(18)19/h2-3,6H,4-5H2,1H3,(H,14,17)(H,18,19)(H2,15,16,20). The molecule has 0 aromatic heterocycles. The first kappa shape index (κ1) is 15.8. The number of amides is 3. The van der Waals surface area contributed by atoms with Crippen molar-refractivity contribution in [1.82, 2.24) is 10.6 Å². The molecule has 0 heterocycles. The smallest absolute Gasteiger partial charge is 0.337 e. The van der Waals surface area contributed by atoms with Crippen LogP contribution in [0.3, 0.4) is 0 Å². The Kier molecular flexibility index (Phi) is 5.79. The van der Waals surface area contributed by atoms with E-state index in [9.17, 15) is 14.4 Å². The van der Waals surface area contributed by atoms with Crippen molar-refractivity contribution in [2.45, 2.75) is 6.92 Å². The summed E-state index contributed by atoms with van der Waals surface area (Å²) in [6.45, 7) is 1.88. The molecule has 1 aromatic rings. The van der Waals surface area contributed by atoms with Gasteiger partial charge in [-0.1, -0.05) is 11.6 Å². The van der Waals surface area contributed by atoms with Crippen molar-refractivity contribution in [3.05, 3.63) is 28.8 Å². The van der Waals surface area contributed by atoms with E-state index >= 15 is 0 Å². The zero-order chi connectivity index (χ0) is 15.1. The molecular weight excluding hydrogens is 286 g/mol. The van der Waals surface area contributed by atoms with Crippen molar-refractivity contribution in [2.75, 3.05) is 18.4 Å². The molecule has 20 heavy (non-hydrogen) atoms. The monoisotopic (exact) mass is 299 g/mol. The van der Waals surface area contributed by atoms with Crippen LogP contribution in [-0.4, -0.2) is 36.1 Å². The lowest BCUT2D eigenvalue weighted by Crippen LogP contribution is -2.36. The molecule has 108 valence electrons. The molecule has 0 atom stereocenters. The van der Waals surface area contributed by atoms with E-state index < -0.39 is 12.0 Å².